The van der Waals surface area contributed by atoms with Gasteiger partial charge in [-0.3, -0.25) is 14.7 Å². The molecule has 0 aromatic heterocycles. The second kappa shape index (κ2) is 9.51. The van der Waals surface area contributed by atoms with Crippen LogP contribution in [0.5, 0.6) is 0 Å². The van der Waals surface area contributed by atoms with Crippen LogP contribution in [0.4, 0.5) is 23.2 Å². The Bertz CT molecular complexity index is 1040. The molecule has 2 aromatic rings. The number of carbonyl (C=O) groups is 1. The second-order valence-corrected chi connectivity index (χ2v) is 8.42. The summed E-state index contributed by atoms with van der Waals surface area (Å²) in [4.78, 5) is 22.3. The number of amides is 1. The fraction of sp³-hybridized carbons (Fsp3) is 0.417. The Balaban J connectivity index is 1.49. The number of nitrogens with zero attached hydrogens (tertiary/aromatic N) is 4. The van der Waals surface area contributed by atoms with Gasteiger partial charge in [0, 0.05) is 49.7 Å². The molecule has 176 valence electrons. The van der Waals surface area contributed by atoms with Crippen LogP contribution in [-0.4, -0.2) is 67.0 Å². The van der Waals surface area contributed by atoms with Crippen LogP contribution in [0.25, 0.3) is 0 Å². The van der Waals surface area contributed by atoms with Crippen molar-refractivity contribution in [1.82, 2.24) is 9.80 Å². The van der Waals surface area contributed by atoms with E-state index in [1.807, 2.05) is 35.4 Å². The molecule has 0 bridgehead atoms. The molecule has 5 nitrogen and oxygen atoms in total. The van der Waals surface area contributed by atoms with Gasteiger partial charge in [0.2, 0.25) is 0 Å². The van der Waals surface area contributed by atoms with Crippen molar-refractivity contribution in [1.29, 1.82) is 0 Å². The fourth-order valence-corrected chi connectivity index (χ4v) is 4.46. The maximum atomic E-state index is 14.6. The molecule has 33 heavy (non-hydrogen) atoms. The van der Waals surface area contributed by atoms with E-state index in [1.54, 1.807) is 19.1 Å². The second-order valence-electron chi connectivity index (χ2n) is 8.42. The lowest BCUT2D eigenvalue weighted by Gasteiger charge is -2.41. The van der Waals surface area contributed by atoms with Crippen LogP contribution >= 0.6 is 0 Å². The molecular weight excluding hydrogens is 436 g/mol. The summed E-state index contributed by atoms with van der Waals surface area (Å²) >= 11 is 0. The molecule has 9 heteroatoms. The number of piperazine rings is 1. The van der Waals surface area contributed by atoms with Gasteiger partial charge in [-0.05, 0) is 30.2 Å². The highest BCUT2D eigenvalue weighted by Crippen LogP contribution is 2.26. The van der Waals surface area contributed by atoms with Crippen molar-refractivity contribution in [3.05, 3.63) is 65.0 Å². The monoisotopic (exact) mass is 462 g/mol. The number of hydrogen-bond donors (Lipinski definition) is 0. The van der Waals surface area contributed by atoms with Gasteiger partial charge in [0.05, 0.1) is 12.1 Å². The third kappa shape index (κ3) is 5.35. The van der Waals surface area contributed by atoms with E-state index in [0.29, 0.717) is 19.6 Å². The first-order valence-corrected chi connectivity index (χ1v) is 11.0. The van der Waals surface area contributed by atoms with E-state index in [-0.39, 0.29) is 25.2 Å². The summed E-state index contributed by atoms with van der Waals surface area (Å²) in [6, 6.07) is 11.9. The molecule has 0 aliphatic carbocycles. The van der Waals surface area contributed by atoms with Crippen molar-refractivity contribution in [2.75, 3.05) is 37.7 Å². The van der Waals surface area contributed by atoms with Crippen LogP contribution < -0.4 is 4.90 Å². The van der Waals surface area contributed by atoms with Gasteiger partial charge in [-0.15, -0.1) is 0 Å². The normalized spacial score (nSPS) is 19.0. The van der Waals surface area contributed by atoms with E-state index in [1.165, 1.54) is 15.9 Å². The number of aliphatic imine (C=N–C) groups is 1. The van der Waals surface area contributed by atoms with E-state index in [9.17, 15) is 22.4 Å². The highest BCUT2D eigenvalue weighted by molar-refractivity contribution is 5.95. The molecule has 0 N–H and O–H groups in total. The van der Waals surface area contributed by atoms with Gasteiger partial charge in [0.15, 0.2) is 0 Å². The molecule has 4 rings (SSSR count). The molecule has 1 amide bonds. The number of halogens is 4. The number of carbonyl (C=O) groups excluding carboxylic acids is 1. The Morgan fingerprint density at radius 2 is 1.94 bits per heavy atom. The summed E-state index contributed by atoms with van der Waals surface area (Å²) in [5.41, 5.74) is 2.70. The molecule has 0 saturated carbocycles. The smallest absolute Gasteiger partial charge is 0.347 e. The van der Waals surface area contributed by atoms with Crippen molar-refractivity contribution >= 4 is 17.8 Å². The maximum Gasteiger partial charge on any atom is 0.401 e. The molecule has 1 fully saturated rings. The number of anilines is 1. The Kier molecular flexibility index (Phi) is 6.69. The standard InChI is InChI=1S/C24H26F4N4O/c1-2-19-14-30(9-10-31(19)15-24(26,27)28)23(33)20-11-17(7-8-21(20)25)13-32-16-29-12-18-5-3-4-6-22(18)32/h3-8,11-12,19H,2,9-10,13-16H2,1H3/t19-/m0/s1. The van der Waals surface area contributed by atoms with Crippen LogP contribution in [0.2, 0.25) is 0 Å². The predicted molar refractivity (Wildman–Crippen MR) is 119 cm³/mol. The van der Waals surface area contributed by atoms with Crippen LogP contribution in [0.15, 0.2) is 47.5 Å². The van der Waals surface area contributed by atoms with Gasteiger partial charge in [-0.2, -0.15) is 13.2 Å². The number of para-hydroxylation sites is 1. The number of hydrogen-bond acceptors (Lipinski definition) is 4. The summed E-state index contributed by atoms with van der Waals surface area (Å²) in [7, 11) is 0. The summed E-state index contributed by atoms with van der Waals surface area (Å²) in [5, 5.41) is 0. The zero-order valence-corrected chi connectivity index (χ0v) is 18.4. The average molecular weight is 462 g/mol. The van der Waals surface area contributed by atoms with Crippen LogP contribution in [0, 0.1) is 5.82 Å². The quantitative estimate of drug-likeness (QED) is 0.622. The lowest BCUT2D eigenvalue weighted by molar-refractivity contribution is -0.155. The molecule has 2 aliphatic rings. The number of rotatable bonds is 5. The Hall–Kier alpha value is -2.94. The highest BCUT2D eigenvalue weighted by Gasteiger charge is 2.37. The topological polar surface area (TPSA) is 39.2 Å². The summed E-state index contributed by atoms with van der Waals surface area (Å²) < 4.78 is 53.2. The average Bonchev–Trinajstić information content (AvgIpc) is 2.79. The minimum atomic E-state index is -4.29. The Morgan fingerprint density at radius 1 is 1.15 bits per heavy atom. The lowest BCUT2D eigenvalue weighted by atomic mass is 10.0. The van der Waals surface area contributed by atoms with E-state index in [2.05, 4.69) is 4.99 Å². The van der Waals surface area contributed by atoms with Gasteiger partial charge in [-0.25, -0.2) is 4.39 Å². The summed E-state index contributed by atoms with van der Waals surface area (Å²) in [6.45, 7) is 2.07. The van der Waals surface area contributed by atoms with Crippen molar-refractivity contribution in [3.63, 3.8) is 0 Å². The number of alkyl halides is 3. The first-order chi connectivity index (χ1) is 15.7. The lowest BCUT2D eigenvalue weighted by Crippen LogP contribution is -2.56. The van der Waals surface area contributed by atoms with E-state index in [4.69, 9.17) is 0 Å². The molecule has 0 radical (unpaired) electrons. The summed E-state index contributed by atoms with van der Waals surface area (Å²) in [6.07, 6.45) is -2.01. The predicted octanol–water partition coefficient (Wildman–Crippen LogP) is 4.32. The van der Waals surface area contributed by atoms with Crippen molar-refractivity contribution < 1.29 is 22.4 Å². The first-order valence-electron chi connectivity index (χ1n) is 11.0. The van der Waals surface area contributed by atoms with E-state index >= 15 is 0 Å². The van der Waals surface area contributed by atoms with Gasteiger partial charge in [0.25, 0.3) is 5.91 Å². The van der Waals surface area contributed by atoms with Crippen LogP contribution in [-0.2, 0) is 6.54 Å². The Morgan fingerprint density at radius 3 is 2.70 bits per heavy atom. The zero-order chi connectivity index (χ0) is 23.6. The maximum absolute atomic E-state index is 14.6. The zero-order valence-electron chi connectivity index (χ0n) is 18.4. The van der Waals surface area contributed by atoms with Crippen LogP contribution in [0.1, 0.15) is 34.8 Å². The molecule has 1 saturated heterocycles. The first kappa shape index (κ1) is 23.2. The van der Waals surface area contributed by atoms with Gasteiger partial charge in [0.1, 0.15) is 12.5 Å². The van der Waals surface area contributed by atoms with E-state index < -0.39 is 30.5 Å². The summed E-state index contributed by atoms with van der Waals surface area (Å²) in [5.74, 6) is -1.12. The Labute approximate surface area is 190 Å². The molecule has 2 aromatic carbocycles. The van der Waals surface area contributed by atoms with Crippen molar-refractivity contribution in [3.8, 4) is 0 Å². The minimum absolute atomic E-state index is 0.0552. The molecule has 0 spiro atoms. The largest absolute Gasteiger partial charge is 0.401 e. The fourth-order valence-electron chi connectivity index (χ4n) is 4.46. The third-order valence-electron chi connectivity index (χ3n) is 6.14. The number of benzene rings is 2. The van der Waals surface area contributed by atoms with Gasteiger partial charge >= 0.3 is 6.18 Å². The van der Waals surface area contributed by atoms with Gasteiger partial charge in [-0.1, -0.05) is 31.2 Å². The van der Waals surface area contributed by atoms with Gasteiger partial charge < -0.3 is 9.80 Å². The van der Waals surface area contributed by atoms with Crippen LogP contribution in [0.3, 0.4) is 0 Å². The third-order valence-corrected chi connectivity index (χ3v) is 6.14. The van der Waals surface area contributed by atoms with E-state index in [0.717, 1.165) is 16.8 Å². The molecule has 2 aliphatic heterocycles. The molecule has 0 unspecified atom stereocenters. The van der Waals surface area contributed by atoms with Crippen molar-refractivity contribution in [2.45, 2.75) is 32.1 Å². The minimum Gasteiger partial charge on any atom is -0.347 e. The molecule has 2 heterocycles. The number of fused-ring (bicyclic) bond motifs is 1. The SMILES string of the molecule is CC[C@H]1CN(C(=O)c2cc(CN3CN=Cc4ccccc43)ccc2F)CCN1CC(F)(F)F. The molecular formula is C24H26F4N4O. The van der Waals surface area contributed by atoms with Crippen molar-refractivity contribution in [2.24, 2.45) is 4.99 Å². The highest BCUT2D eigenvalue weighted by atomic mass is 19.4. The molecule has 1 atom stereocenters.